The highest BCUT2D eigenvalue weighted by Gasteiger charge is 2.10. The summed E-state index contributed by atoms with van der Waals surface area (Å²) >= 11 is 0. The topological polar surface area (TPSA) is 52.1 Å². The second kappa shape index (κ2) is 16.4. The first-order valence-corrected chi connectivity index (χ1v) is 13.2. The Morgan fingerprint density at radius 3 is 2.06 bits per heavy atom. The van der Waals surface area contributed by atoms with Gasteiger partial charge in [0.1, 0.15) is 0 Å². The van der Waals surface area contributed by atoms with E-state index < -0.39 is 0 Å². The molecule has 0 radical (unpaired) electrons. The maximum atomic E-state index is 12.1. The number of hydrogen-bond donors (Lipinski definition) is 0. The first kappa shape index (κ1) is 27.0. The zero-order valence-corrected chi connectivity index (χ0v) is 21.2. The molecule has 33 heavy (non-hydrogen) atoms. The van der Waals surface area contributed by atoms with Crippen LogP contribution in [0, 0.1) is 0 Å². The number of carbonyl (C=O) groups excluding carboxylic acids is 1. The fourth-order valence-corrected chi connectivity index (χ4v) is 4.01. The number of esters is 1. The normalized spacial score (nSPS) is 12.0. The molecule has 0 aliphatic carbocycles. The zero-order chi connectivity index (χ0) is 23.7. The molecule has 182 valence electrons. The Hall–Kier alpha value is -2.23. The Bertz CT molecular complexity index is 771. The summed E-state index contributed by atoms with van der Waals surface area (Å²) in [6.07, 6.45) is 19.7. The fraction of sp³-hybridized carbons (Fsp3) is 0.621. The maximum Gasteiger partial charge on any atom is 0.306 e. The predicted octanol–water partition coefficient (Wildman–Crippen LogP) is 7.88. The van der Waals surface area contributed by atoms with Gasteiger partial charge in [-0.05, 0) is 50.2 Å². The summed E-state index contributed by atoms with van der Waals surface area (Å²) in [7, 11) is 0. The van der Waals surface area contributed by atoms with Crippen LogP contribution in [0.5, 0.6) is 0 Å². The average molecular weight is 453 g/mol. The second-order valence-electron chi connectivity index (χ2n) is 9.28. The standard InChI is InChI=1S/C29H44N2O2/c1-4-6-8-10-11-13-15-26-22-30-29(31-23-26)27-19-16-25(17-20-27)18-21-28(32)33-24(3)14-12-9-7-5-2/h16-17,19-20,22-24H,4-15,18,21H2,1-3H3/t24-/m1/s1. The van der Waals surface area contributed by atoms with Crippen LogP contribution in [0.25, 0.3) is 11.4 Å². The number of aryl methyl sites for hydroxylation is 2. The van der Waals surface area contributed by atoms with Gasteiger partial charge < -0.3 is 4.74 Å². The van der Waals surface area contributed by atoms with Crippen LogP contribution < -0.4 is 0 Å². The van der Waals surface area contributed by atoms with Gasteiger partial charge >= 0.3 is 5.97 Å². The lowest BCUT2D eigenvalue weighted by Crippen LogP contribution is -2.15. The van der Waals surface area contributed by atoms with Gasteiger partial charge in [0, 0.05) is 24.4 Å². The highest BCUT2D eigenvalue weighted by Crippen LogP contribution is 2.17. The van der Waals surface area contributed by atoms with E-state index in [4.69, 9.17) is 4.74 Å². The first-order chi connectivity index (χ1) is 16.1. The number of unbranched alkanes of at least 4 members (excludes halogenated alkanes) is 8. The Labute approximate surface area is 201 Å². The van der Waals surface area contributed by atoms with Gasteiger partial charge in [0.05, 0.1) is 6.10 Å². The van der Waals surface area contributed by atoms with Crippen molar-refractivity contribution in [3.63, 3.8) is 0 Å². The molecule has 0 bridgehead atoms. The minimum Gasteiger partial charge on any atom is -0.463 e. The van der Waals surface area contributed by atoms with Gasteiger partial charge in [-0.1, -0.05) is 89.5 Å². The molecule has 1 aromatic carbocycles. The fourth-order valence-electron chi connectivity index (χ4n) is 4.01. The molecule has 0 fully saturated rings. The van der Waals surface area contributed by atoms with Gasteiger partial charge in [-0.25, -0.2) is 9.97 Å². The van der Waals surface area contributed by atoms with Crippen LogP contribution in [0.3, 0.4) is 0 Å². The largest absolute Gasteiger partial charge is 0.463 e. The van der Waals surface area contributed by atoms with Crippen molar-refractivity contribution in [2.45, 2.75) is 117 Å². The summed E-state index contributed by atoms with van der Waals surface area (Å²) in [6, 6.07) is 8.20. The molecular formula is C29H44N2O2. The molecule has 0 spiro atoms. The number of rotatable bonds is 17. The van der Waals surface area contributed by atoms with Gasteiger partial charge in [0.2, 0.25) is 0 Å². The summed E-state index contributed by atoms with van der Waals surface area (Å²) in [6.45, 7) is 6.45. The lowest BCUT2D eigenvalue weighted by atomic mass is 10.1. The van der Waals surface area contributed by atoms with Crippen LogP contribution in [0.4, 0.5) is 0 Å². The molecule has 0 saturated heterocycles. The molecule has 1 aromatic heterocycles. The molecule has 0 N–H and O–H groups in total. The zero-order valence-electron chi connectivity index (χ0n) is 21.2. The Kier molecular flexibility index (Phi) is 13.4. The third-order valence-electron chi connectivity index (χ3n) is 6.15. The van der Waals surface area contributed by atoms with Crippen molar-refractivity contribution in [2.75, 3.05) is 0 Å². The number of ether oxygens (including phenoxy) is 1. The molecule has 4 heteroatoms. The Morgan fingerprint density at radius 2 is 1.39 bits per heavy atom. The Morgan fingerprint density at radius 1 is 0.788 bits per heavy atom. The van der Waals surface area contributed by atoms with Crippen molar-refractivity contribution in [1.29, 1.82) is 0 Å². The van der Waals surface area contributed by atoms with E-state index in [1.54, 1.807) is 0 Å². The predicted molar refractivity (Wildman–Crippen MR) is 137 cm³/mol. The molecule has 2 aromatic rings. The number of nitrogens with zero attached hydrogens (tertiary/aromatic N) is 2. The second-order valence-corrected chi connectivity index (χ2v) is 9.28. The van der Waals surface area contributed by atoms with Crippen molar-refractivity contribution in [2.24, 2.45) is 0 Å². The summed E-state index contributed by atoms with van der Waals surface area (Å²) < 4.78 is 5.55. The van der Waals surface area contributed by atoms with Gasteiger partial charge in [-0.15, -0.1) is 0 Å². The first-order valence-electron chi connectivity index (χ1n) is 13.2. The van der Waals surface area contributed by atoms with Crippen molar-refractivity contribution in [3.05, 3.63) is 47.8 Å². The van der Waals surface area contributed by atoms with E-state index in [9.17, 15) is 4.79 Å². The highest BCUT2D eigenvalue weighted by molar-refractivity contribution is 5.70. The monoisotopic (exact) mass is 452 g/mol. The molecule has 0 aliphatic heterocycles. The summed E-state index contributed by atoms with van der Waals surface area (Å²) in [5, 5.41) is 0. The molecule has 0 amide bonds. The van der Waals surface area contributed by atoms with Crippen LogP contribution in [0.15, 0.2) is 36.7 Å². The summed E-state index contributed by atoms with van der Waals surface area (Å²) in [4.78, 5) is 21.3. The quantitative estimate of drug-likeness (QED) is 0.181. The van der Waals surface area contributed by atoms with Crippen molar-refractivity contribution < 1.29 is 9.53 Å². The summed E-state index contributed by atoms with van der Waals surface area (Å²) in [5.74, 6) is 0.649. The third-order valence-corrected chi connectivity index (χ3v) is 6.15. The molecule has 1 heterocycles. The average Bonchev–Trinajstić information content (AvgIpc) is 2.83. The molecule has 0 unspecified atom stereocenters. The van der Waals surface area contributed by atoms with E-state index in [-0.39, 0.29) is 12.1 Å². The van der Waals surface area contributed by atoms with Gasteiger partial charge in [0.25, 0.3) is 0 Å². The van der Waals surface area contributed by atoms with Gasteiger partial charge in [-0.3, -0.25) is 4.79 Å². The van der Waals surface area contributed by atoms with E-state index in [2.05, 4.69) is 35.9 Å². The minimum absolute atomic E-state index is 0.0120. The highest BCUT2D eigenvalue weighted by atomic mass is 16.5. The molecule has 0 saturated carbocycles. The minimum atomic E-state index is -0.105. The molecule has 0 aliphatic rings. The lowest BCUT2D eigenvalue weighted by molar-refractivity contribution is -0.148. The van der Waals surface area contributed by atoms with Crippen molar-refractivity contribution >= 4 is 5.97 Å². The van der Waals surface area contributed by atoms with E-state index in [1.807, 2.05) is 31.5 Å². The van der Waals surface area contributed by atoms with Crippen LogP contribution in [0.2, 0.25) is 0 Å². The molecule has 1 atom stereocenters. The van der Waals surface area contributed by atoms with E-state index in [1.165, 1.54) is 63.4 Å². The van der Waals surface area contributed by atoms with Gasteiger partial charge in [-0.2, -0.15) is 0 Å². The molecule has 2 rings (SSSR count). The van der Waals surface area contributed by atoms with Crippen LogP contribution >= 0.6 is 0 Å². The van der Waals surface area contributed by atoms with Crippen molar-refractivity contribution in [3.8, 4) is 11.4 Å². The van der Waals surface area contributed by atoms with E-state index in [0.717, 1.165) is 36.2 Å². The summed E-state index contributed by atoms with van der Waals surface area (Å²) in [5.41, 5.74) is 3.35. The molecule has 4 nitrogen and oxygen atoms in total. The van der Waals surface area contributed by atoms with E-state index >= 15 is 0 Å². The number of aromatic nitrogens is 2. The number of carbonyl (C=O) groups is 1. The number of hydrogen-bond acceptors (Lipinski definition) is 4. The van der Waals surface area contributed by atoms with Crippen LogP contribution in [0.1, 0.15) is 109 Å². The number of benzene rings is 1. The molecular weight excluding hydrogens is 408 g/mol. The van der Waals surface area contributed by atoms with Crippen molar-refractivity contribution in [1.82, 2.24) is 9.97 Å². The van der Waals surface area contributed by atoms with Gasteiger partial charge in [0.15, 0.2) is 5.82 Å². The van der Waals surface area contributed by atoms with E-state index in [0.29, 0.717) is 12.8 Å². The third kappa shape index (κ3) is 11.5. The van der Waals surface area contributed by atoms with Crippen LogP contribution in [-0.2, 0) is 22.4 Å². The van der Waals surface area contributed by atoms with Crippen LogP contribution in [-0.4, -0.2) is 22.0 Å². The SMILES string of the molecule is CCCCCCCCc1cnc(-c2ccc(CCC(=O)O[C@H](C)CCCCCC)cc2)nc1. The Balaban J connectivity index is 1.71. The maximum absolute atomic E-state index is 12.1. The lowest BCUT2D eigenvalue weighted by Gasteiger charge is -2.13. The smallest absolute Gasteiger partial charge is 0.306 e.